The topological polar surface area (TPSA) is 86.8 Å². The zero-order chi connectivity index (χ0) is 22.5. The summed E-state index contributed by atoms with van der Waals surface area (Å²) in [5.41, 5.74) is 1.69. The minimum absolute atomic E-state index is 0.245. The summed E-state index contributed by atoms with van der Waals surface area (Å²) in [5, 5.41) is 6.21. The van der Waals surface area contributed by atoms with Crippen LogP contribution in [-0.2, 0) is 9.53 Å². The molecular formula is C23H26ClN5O3. The predicted molar refractivity (Wildman–Crippen MR) is 122 cm³/mol. The van der Waals surface area contributed by atoms with Crippen molar-refractivity contribution < 1.29 is 14.3 Å². The molecule has 8 nitrogen and oxygen atoms in total. The first-order valence-electron chi connectivity index (χ1n) is 10.7. The summed E-state index contributed by atoms with van der Waals surface area (Å²) in [5.74, 6) is 0.502. The first-order valence-corrected chi connectivity index (χ1v) is 11.0. The number of halogens is 1. The number of anilines is 1. The van der Waals surface area contributed by atoms with Gasteiger partial charge in [-0.2, -0.15) is 0 Å². The molecule has 1 saturated heterocycles. The van der Waals surface area contributed by atoms with E-state index in [1.807, 2.05) is 24.3 Å². The van der Waals surface area contributed by atoms with E-state index in [0.29, 0.717) is 22.8 Å². The summed E-state index contributed by atoms with van der Waals surface area (Å²) in [6, 6.07) is 12.0. The Bertz CT molecular complexity index is 1010. The highest BCUT2D eigenvalue weighted by Crippen LogP contribution is 2.30. The van der Waals surface area contributed by atoms with Crippen LogP contribution < -0.4 is 15.5 Å². The van der Waals surface area contributed by atoms with Crippen molar-refractivity contribution in [2.24, 2.45) is 0 Å². The number of carbonyl (C=O) groups excluding carboxylic acids is 2. The summed E-state index contributed by atoms with van der Waals surface area (Å²) >= 11 is 6.17. The van der Waals surface area contributed by atoms with E-state index in [4.69, 9.17) is 16.3 Å². The van der Waals surface area contributed by atoms with Crippen LogP contribution in [0.5, 0.6) is 0 Å². The summed E-state index contributed by atoms with van der Waals surface area (Å²) in [4.78, 5) is 34.3. The number of benzene rings is 1. The number of pyridine rings is 1. The molecule has 2 N–H and O–H groups in total. The van der Waals surface area contributed by atoms with Crippen molar-refractivity contribution in [2.75, 3.05) is 44.2 Å². The van der Waals surface area contributed by atoms with Gasteiger partial charge >= 0.3 is 12.0 Å². The van der Waals surface area contributed by atoms with Crippen molar-refractivity contribution in [1.82, 2.24) is 20.5 Å². The predicted octanol–water partition coefficient (Wildman–Crippen LogP) is 2.73. The van der Waals surface area contributed by atoms with Gasteiger partial charge in [0, 0.05) is 49.6 Å². The molecule has 2 amide bonds. The third-order valence-electron chi connectivity index (χ3n) is 5.56. The molecule has 1 unspecified atom stereocenters. The summed E-state index contributed by atoms with van der Waals surface area (Å²) < 4.78 is 5.34. The van der Waals surface area contributed by atoms with Crippen LogP contribution in [0.15, 0.2) is 59.9 Å². The Kier molecular flexibility index (Phi) is 6.92. The Labute approximate surface area is 192 Å². The monoisotopic (exact) mass is 455 g/mol. The van der Waals surface area contributed by atoms with E-state index in [-0.39, 0.29) is 12.6 Å². The molecule has 3 heterocycles. The van der Waals surface area contributed by atoms with E-state index in [2.05, 4.69) is 25.4 Å². The molecule has 0 radical (unpaired) electrons. The lowest BCUT2D eigenvalue weighted by Crippen LogP contribution is -2.52. The zero-order valence-electron chi connectivity index (χ0n) is 17.9. The molecule has 168 valence electrons. The molecular weight excluding hydrogens is 430 g/mol. The summed E-state index contributed by atoms with van der Waals surface area (Å²) in [6.45, 7) is 5.62. The Morgan fingerprint density at radius 3 is 2.69 bits per heavy atom. The van der Waals surface area contributed by atoms with E-state index < -0.39 is 12.0 Å². The van der Waals surface area contributed by atoms with Crippen LogP contribution in [0.4, 0.5) is 10.6 Å². The van der Waals surface area contributed by atoms with Gasteiger partial charge in [0.2, 0.25) is 0 Å². The smallest absolute Gasteiger partial charge is 0.338 e. The SMILES string of the molecule is CCOC(=O)C1=C(CN2CCN(c3ccccn3)CC2)NC(=O)NC1c1cccc(Cl)c1. The second kappa shape index (κ2) is 10.0. The number of urea groups is 1. The fraction of sp³-hybridized carbons (Fsp3) is 0.348. The number of piperazine rings is 1. The molecule has 0 spiro atoms. The molecule has 1 aromatic carbocycles. The number of amides is 2. The Morgan fingerprint density at radius 1 is 1.19 bits per heavy atom. The normalized spacial score (nSPS) is 19.4. The third-order valence-corrected chi connectivity index (χ3v) is 5.79. The molecule has 2 aliphatic rings. The van der Waals surface area contributed by atoms with Gasteiger partial charge in [-0.1, -0.05) is 29.8 Å². The number of rotatable bonds is 6. The Hall–Kier alpha value is -3.10. The zero-order valence-corrected chi connectivity index (χ0v) is 18.6. The number of esters is 1. The van der Waals surface area contributed by atoms with Gasteiger partial charge in [0.05, 0.1) is 18.2 Å². The lowest BCUT2D eigenvalue weighted by Gasteiger charge is -2.37. The number of hydrogen-bond donors (Lipinski definition) is 2. The van der Waals surface area contributed by atoms with Crippen LogP contribution in [-0.4, -0.2) is 61.2 Å². The van der Waals surface area contributed by atoms with Crippen LogP contribution >= 0.6 is 11.6 Å². The van der Waals surface area contributed by atoms with Crippen LogP contribution in [0.1, 0.15) is 18.5 Å². The van der Waals surface area contributed by atoms with E-state index in [1.165, 1.54) is 0 Å². The minimum Gasteiger partial charge on any atom is -0.463 e. The third kappa shape index (κ3) is 5.03. The van der Waals surface area contributed by atoms with Gasteiger partial charge in [-0.15, -0.1) is 0 Å². The molecule has 9 heteroatoms. The summed E-state index contributed by atoms with van der Waals surface area (Å²) in [6.07, 6.45) is 1.79. The average Bonchev–Trinajstić information content (AvgIpc) is 2.80. The first kappa shape index (κ1) is 22.1. The first-order chi connectivity index (χ1) is 15.5. The van der Waals surface area contributed by atoms with E-state index in [9.17, 15) is 9.59 Å². The fourth-order valence-electron chi connectivity index (χ4n) is 4.03. The molecule has 2 aromatic rings. The van der Waals surface area contributed by atoms with Gasteiger partial charge in [0.15, 0.2) is 0 Å². The van der Waals surface area contributed by atoms with Gasteiger partial charge in [-0.05, 0) is 36.8 Å². The number of nitrogens with one attached hydrogen (secondary N) is 2. The highest BCUT2D eigenvalue weighted by molar-refractivity contribution is 6.30. The fourth-order valence-corrected chi connectivity index (χ4v) is 4.23. The molecule has 32 heavy (non-hydrogen) atoms. The van der Waals surface area contributed by atoms with Crippen molar-refractivity contribution >= 4 is 29.4 Å². The highest BCUT2D eigenvalue weighted by Gasteiger charge is 2.34. The van der Waals surface area contributed by atoms with Crippen molar-refractivity contribution in [3.05, 3.63) is 70.5 Å². The van der Waals surface area contributed by atoms with Crippen LogP contribution in [0.2, 0.25) is 5.02 Å². The molecule has 0 bridgehead atoms. The molecule has 0 aliphatic carbocycles. The summed E-state index contributed by atoms with van der Waals surface area (Å²) in [7, 11) is 0. The van der Waals surface area contributed by atoms with Crippen LogP contribution in [0.25, 0.3) is 0 Å². The van der Waals surface area contributed by atoms with Crippen molar-refractivity contribution in [3.63, 3.8) is 0 Å². The van der Waals surface area contributed by atoms with E-state index in [0.717, 1.165) is 37.6 Å². The molecule has 4 rings (SSSR count). The minimum atomic E-state index is -0.633. The van der Waals surface area contributed by atoms with Crippen molar-refractivity contribution in [3.8, 4) is 0 Å². The van der Waals surface area contributed by atoms with E-state index >= 15 is 0 Å². The van der Waals surface area contributed by atoms with Gasteiger partial charge < -0.3 is 20.3 Å². The van der Waals surface area contributed by atoms with E-state index in [1.54, 1.807) is 31.3 Å². The Balaban J connectivity index is 1.56. The molecule has 0 saturated carbocycles. The number of carbonyl (C=O) groups is 2. The lowest BCUT2D eigenvalue weighted by atomic mass is 9.95. The number of nitrogens with zero attached hydrogens (tertiary/aromatic N) is 3. The molecule has 1 aromatic heterocycles. The molecule has 2 aliphatic heterocycles. The standard InChI is InChI=1S/C23H26ClN5O3/c1-2-32-22(30)20-18(26-23(31)27-21(20)16-6-5-7-17(24)14-16)15-28-10-12-29(13-11-28)19-8-3-4-9-25-19/h3-9,14,21H,2,10-13,15H2,1H3,(H2,26,27,31). The highest BCUT2D eigenvalue weighted by atomic mass is 35.5. The van der Waals surface area contributed by atoms with Gasteiger partial charge in [-0.3, -0.25) is 4.90 Å². The van der Waals surface area contributed by atoms with Crippen molar-refractivity contribution in [2.45, 2.75) is 13.0 Å². The molecule has 1 atom stereocenters. The van der Waals surface area contributed by atoms with Gasteiger partial charge in [-0.25, -0.2) is 14.6 Å². The number of aromatic nitrogens is 1. The number of hydrogen-bond acceptors (Lipinski definition) is 6. The van der Waals surface area contributed by atoms with Crippen molar-refractivity contribution in [1.29, 1.82) is 0 Å². The Morgan fingerprint density at radius 2 is 2.00 bits per heavy atom. The lowest BCUT2D eigenvalue weighted by molar-refractivity contribution is -0.139. The maximum atomic E-state index is 12.9. The molecule has 1 fully saturated rings. The van der Waals surface area contributed by atoms with Gasteiger partial charge in [0.1, 0.15) is 5.82 Å². The van der Waals surface area contributed by atoms with Crippen LogP contribution in [0, 0.1) is 0 Å². The maximum Gasteiger partial charge on any atom is 0.338 e. The van der Waals surface area contributed by atoms with Gasteiger partial charge in [0.25, 0.3) is 0 Å². The number of ether oxygens (including phenoxy) is 1. The quantitative estimate of drug-likeness (QED) is 0.651. The largest absolute Gasteiger partial charge is 0.463 e. The average molecular weight is 456 g/mol. The second-order valence-electron chi connectivity index (χ2n) is 7.65. The maximum absolute atomic E-state index is 12.9. The van der Waals surface area contributed by atoms with Crippen LogP contribution in [0.3, 0.4) is 0 Å². The second-order valence-corrected chi connectivity index (χ2v) is 8.09.